The van der Waals surface area contributed by atoms with Gasteiger partial charge in [0.25, 0.3) is 0 Å². The van der Waals surface area contributed by atoms with Crippen LogP contribution in [-0.4, -0.2) is 60.3 Å². The first-order valence-corrected chi connectivity index (χ1v) is 6.50. The molecule has 0 aliphatic rings. The Balaban J connectivity index is 4.63. The summed E-state index contributed by atoms with van der Waals surface area (Å²) < 4.78 is 4.94. The van der Waals surface area contributed by atoms with Crippen molar-refractivity contribution in [3.8, 4) is 0 Å². The molecule has 0 bridgehead atoms. The van der Waals surface area contributed by atoms with Crippen LogP contribution in [0.15, 0.2) is 0 Å². The maximum absolute atomic E-state index is 12.1. The van der Waals surface area contributed by atoms with Gasteiger partial charge >= 0.3 is 5.97 Å². The third kappa shape index (κ3) is 7.12. The number of hydrogen-bond acceptors (Lipinski definition) is 4. The van der Waals surface area contributed by atoms with Gasteiger partial charge in [-0.25, -0.2) is 0 Å². The van der Waals surface area contributed by atoms with Crippen LogP contribution >= 0.6 is 0 Å². The highest BCUT2D eigenvalue weighted by atomic mass is 16.5. The van der Waals surface area contributed by atoms with E-state index >= 15 is 0 Å². The predicted octanol–water partition coefficient (Wildman–Crippen LogP) is 0.713. The number of carbonyl (C=O) groups excluding carboxylic acids is 1. The van der Waals surface area contributed by atoms with Gasteiger partial charge in [0.2, 0.25) is 5.91 Å². The van der Waals surface area contributed by atoms with Crippen molar-refractivity contribution in [1.29, 1.82) is 0 Å². The molecule has 19 heavy (non-hydrogen) atoms. The van der Waals surface area contributed by atoms with Crippen molar-refractivity contribution in [2.75, 3.05) is 26.8 Å². The largest absolute Gasteiger partial charge is 0.480 e. The minimum atomic E-state index is -0.953. The van der Waals surface area contributed by atoms with E-state index in [1.54, 1.807) is 18.9 Å². The minimum absolute atomic E-state index is 0.163. The number of carbonyl (C=O) groups is 2. The van der Waals surface area contributed by atoms with Crippen molar-refractivity contribution >= 4 is 11.9 Å². The van der Waals surface area contributed by atoms with Gasteiger partial charge in [0, 0.05) is 19.2 Å². The number of carboxylic acid groups (broad SMARTS) is 1. The molecule has 0 heterocycles. The molecule has 0 saturated carbocycles. The molecular weight excluding hydrogens is 248 g/mol. The van der Waals surface area contributed by atoms with Gasteiger partial charge in [0.15, 0.2) is 0 Å². The van der Waals surface area contributed by atoms with Gasteiger partial charge in [-0.05, 0) is 27.2 Å². The maximum Gasteiger partial charge on any atom is 0.317 e. The summed E-state index contributed by atoms with van der Waals surface area (Å²) in [5.41, 5.74) is -0.290. The second-order valence-electron chi connectivity index (χ2n) is 5.26. The van der Waals surface area contributed by atoms with E-state index in [0.717, 1.165) is 6.42 Å². The van der Waals surface area contributed by atoms with Gasteiger partial charge in [0.1, 0.15) is 0 Å². The topological polar surface area (TPSA) is 78.9 Å². The van der Waals surface area contributed by atoms with Crippen molar-refractivity contribution < 1.29 is 19.4 Å². The molecule has 6 nitrogen and oxygen atoms in total. The summed E-state index contributed by atoms with van der Waals surface area (Å²) in [4.78, 5) is 24.5. The Bertz CT molecular complexity index is 305. The molecule has 1 amide bonds. The second-order valence-corrected chi connectivity index (χ2v) is 5.26. The van der Waals surface area contributed by atoms with E-state index in [4.69, 9.17) is 9.84 Å². The van der Waals surface area contributed by atoms with Crippen molar-refractivity contribution in [2.24, 2.45) is 0 Å². The molecule has 6 heteroatoms. The quantitative estimate of drug-likeness (QED) is 0.647. The van der Waals surface area contributed by atoms with E-state index in [1.807, 2.05) is 20.8 Å². The van der Waals surface area contributed by atoms with Crippen molar-refractivity contribution in [1.82, 2.24) is 10.2 Å². The summed E-state index contributed by atoms with van der Waals surface area (Å²) >= 11 is 0. The lowest BCUT2D eigenvalue weighted by Gasteiger charge is -2.31. The number of rotatable bonds is 9. The van der Waals surface area contributed by atoms with Crippen molar-refractivity contribution in [3.63, 3.8) is 0 Å². The maximum atomic E-state index is 12.1. The number of nitrogens with zero attached hydrogens (tertiary/aromatic N) is 1. The summed E-state index contributed by atoms with van der Waals surface area (Å²) in [6.45, 7) is 8.20. The Morgan fingerprint density at radius 3 is 2.42 bits per heavy atom. The number of ether oxygens (including phenoxy) is 1. The lowest BCUT2D eigenvalue weighted by molar-refractivity contribution is -0.140. The van der Waals surface area contributed by atoms with Crippen LogP contribution in [0.4, 0.5) is 0 Å². The van der Waals surface area contributed by atoms with E-state index < -0.39 is 12.0 Å². The molecule has 2 N–H and O–H groups in total. The van der Waals surface area contributed by atoms with Gasteiger partial charge in [-0.15, -0.1) is 0 Å². The number of methoxy groups -OCH3 is 1. The summed E-state index contributed by atoms with van der Waals surface area (Å²) in [6.07, 6.45) is 0.808. The highest BCUT2D eigenvalue weighted by Crippen LogP contribution is 2.09. The normalized spacial score (nSPS) is 13.4. The number of aliphatic carboxylic acids is 1. The average Bonchev–Trinajstić information content (AvgIpc) is 2.32. The molecule has 0 aliphatic heterocycles. The number of amides is 1. The van der Waals surface area contributed by atoms with Gasteiger partial charge in [0.05, 0.1) is 19.2 Å². The second kappa shape index (κ2) is 8.12. The first kappa shape index (κ1) is 17.9. The molecule has 0 radical (unpaired) electrons. The summed E-state index contributed by atoms with van der Waals surface area (Å²) in [5.74, 6) is -1.12. The van der Waals surface area contributed by atoms with Crippen LogP contribution in [-0.2, 0) is 14.3 Å². The molecule has 0 fully saturated rings. The van der Waals surface area contributed by atoms with Gasteiger partial charge in [-0.1, -0.05) is 6.92 Å². The molecule has 1 atom stereocenters. The smallest absolute Gasteiger partial charge is 0.317 e. The highest BCUT2D eigenvalue weighted by molar-refractivity contribution is 5.82. The van der Waals surface area contributed by atoms with E-state index in [9.17, 15) is 9.59 Å². The first-order valence-electron chi connectivity index (χ1n) is 6.50. The fourth-order valence-electron chi connectivity index (χ4n) is 1.48. The SMILES string of the molecule is CCC(C)(C)NC(=O)C(C)N(CCOC)CC(=O)O. The van der Waals surface area contributed by atoms with Crippen molar-refractivity contribution in [2.45, 2.75) is 45.7 Å². The van der Waals surface area contributed by atoms with Crippen molar-refractivity contribution in [3.05, 3.63) is 0 Å². The molecule has 0 aromatic rings. The molecule has 1 unspecified atom stereocenters. The van der Waals surface area contributed by atoms with Gasteiger partial charge in [-0.2, -0.15) is 0 Å². The third-order valence-corrected chi connectivity index (χ3v) is 3.19. The lowest BCUT2D eigenvalue weighted by Crippen LogP contribution is -2.53. The highest BCUT2D eigenvalue weighted by Gasteiger charge is 2.26. The molecular formula is C13H26N2O4. The molecule has 0 saturated heterocycles. The molecule has 112 valence electrons. The van der Waals surface area contributed by atoms with Gasteiger partial charge in [-0.3, -0.25) is 14.5 Å². The van der Waals surface area contributed by atoms with Crippen LogP contribution in [0, 0.1) is 0 Å². The zero-order chi connectivity index (χ0) is 15.1. The molecule has 0 rings (SSSR count). The average molecular weight is 274 g/mol. The molecule has 0 spiro atoms. The third-order valence-electron chi connectivity index (χ3n) is 3.19. The van der Waals surface area contributed by atoms with Gasteiger partial charge < -0.3 is 15.2 Å². The summed E-state index contributed by atoms with van der Waals surface area (Å²) in [7, 11) is 1.55. The van der Waals surface area contributed by atoms with E-state index in [-0.39, 0.29) is 18.0 Å². The van der Waals surface area contributed by atoms with Crippen LogP contribution in [0.1, 0.15) is 34.1 Å². The Morgan fingerprint density at radius 2 is 2.00 bits per heavy atom. The number of hydrogen-bond donors (Lipinski definition) is 2. The van der Waals surface area contributed by atoms with Crippen LogP contribution in [0.3, 0.4) is 0 Å². The Hall–Kier alpha value is -1.14. The van der Waals surface area contributed by atoms with E-state index in [0.29, 0.717) is 13.2 Å². The fourth-order valence-corrected chi connectivity index (χ4v) is 1.48. The summed E-state index contributed by atoms with van der Waals surface area (Å²) in [6, 6.07) is -0.503. The number of carboxylic acids is 1. The lowest BCUT2D eigenvalue weighted by atomic mass is 10.0. The molecule has 0 aromatic carbocycles. The van der Waals surface area contributed by atoms with Crippen LogP contribution in [0.5, 0.6) is 0 Å². The fraction of sp³-hybridized carbons (Fsp3) is 0.846. The molecule has 0 aromatic heterocycles. The standard InChI is InChI=1S/C13H26N2O4/c1-6-13(3,4)14-12(18)10(2)15(7-8-19-5)9-11(16)17/h10H,6-9H2,1-5H3,(H,14,18)(H,16,17). The van der Waals surface area contributed by atoms with Crippen LogP contribution in [0.25, 0.3) is 0 Å². The Kier molecular flexibility index (Phi) is 7.63. The zero-order valence-electron chi connectivity index (χ0n) is 12.5. The minimum Gasteiger partial charge on any atom is -0.480 e. The molecule has 0 aliphatic carbocycles. The van der Waals surface area contributed by atoms with Crippen LogP contribution in [0.2, 0.25) is 0 Å². The van der Waals surface area contributed by atoms with E-state index in [2.05, 4.69) is 5.32 Å². The number of nitrogens with one attached hydrogen (secondary N) is 1. The predicted molar refractivity (Wildman–Crippen MR) is 73.1 cm³/mol. The monoisotopic (exact) mass is 274 g/mol. The first-order chi connectivity index (χ1) is 8.73. The van der Waals surface area contributed by atoms with E-state index in [1.165, 1.54) is 0 Å². The Morgan fingerprint density at radius 1 is 1.42 bits per heavy atom. The van der Waals surface area contributed by atoms with Crippen LogP contribution < -0.4 is 5.32 Å². The zero-order valence-corrected chi connectivity index (χ0v) is 12.5. The summed E-state index contributed by atoms with van der Waals surface area (Å²) in [5, 5.41) is 11.8. The Labute approximate surface area is 115 Å².